The molecule has 2 heterocycles. The highest BCUT2D eigenvalue weighted by atomic mass is 79.9. The minimum Gasteiger partial charge on any atom is -0.282 e. The molecule has 2 aromatic heterocycles. The molecule has 0 bridgehead atoms. The van der Waals surface area contributed by atoms with Crippen LogP contribution < -0.4 is 0 Å². The number of halogens is 1. The van der Waals surface area contributed by atoms with Gasteiger partial charge in [-0.15, -0.1) is 0 Å². The molecule has 21 heavy (non-hydrogen) atoms. The summed E-state index contributed by atoms with van der Waals surface area (Å²) in [4.78, 5) is 0. The molecule has 0 saturated heterocycles. The van der Waals surface area contributed by atoms with Crippen LogP contribution in [-0.4, -0.2) is 31.3 Å². The van der Waals surface area contributed by atoms with Gasteiger partial charge in [0.25, 0.3) is 0 Å². The lowest BCUT2D eigenvalue weighted by atomic mass is 10.2. The van der Waals surface area contributed by atoms with E-state index in [1.54, 1.807) is 10.9 Å². The molecule has 8 heteroatoms. The lowest BCUT2D eigenvalue weighted by Crippen LogP contribution is -1.95. The highest BCUT2D eigenvalue weighted by Crippen LogP contribution is 2.16. The normalized spacial score (nSPS) is 11.3. The Bertz CT molecular complexity index is 859. The monoisotopic (exact) mass is 362 g/mol. The zero-order chi connectivity index (χ0) is 14.8. The van der Waals surface area contributed by atoms with Gasteiger partial charge in [-0.2, -0.15) is 20.0 Å². The van der Waals surface area contributed by atoms with Crippen LogP contribution in [0.1, 0.15) is 11.3 Å². The van der Waals surface area contributed by atoms with Crippen LogP contribution in [0.3, 0.4) is 0 Å². The Kier molecular flexibility index (Phi) is 3.80. The van der Waals surface area contributed by atoms with Crippen LogP contribution in [0, 0.1) is 11.7 Å². The minimum absolute atomic E-state index is 0.411. The van der Waals surface area contributed by atoms with Crippen molar-refractivity contribution < 1.29 is 0 Å². The average Bonchev–Trinajstić information content (AvgIpc) is 3.04. The molecular weight excluding hydrogens is 352 g/mol. The van der Waals surface area contributed by atoms with E-state index in [1.165, 1.54) is 0 Å². The van der Waals surface area contributed by atoms with Crippen molar-refractivity contribution in [2.75, 3.05) is 0 Å². The second-order valence-corrected chi connectivity index (χ2v) is 5.61. The Morgan fingerprint density at radius 3 is 2.81 bits per heavy atom. The van der Waals surface area contributed by atoms with Gasteiger partial charge in [0.05, 0.1) is 6.21 Å². The van der Waals surface area contributed by atoms with Gasteiger partial charge < -0.3 is 0 Å². The van der Waals surface area contributed by atoms with E-state index in [1.807, 2.05) is 37.3 Å². The van der Waals surface area contributed by atoms with E-state index in [4.69, 9.17) is 12.2 Å². The molecule has 106 valence electrons. The van der Waals surface area contributed by atoms with Crippen LogP contribution in [0.2, 0.25) is 0 Å². The van der Waals surface area contributed by atoms with Gasteiger partial charge in [0, 0.05) is 15.7 Å². The molecule has 2 N–H and O–H groups in total. The molecule has 3 aromatic rings. The summed E-state index contributed by atoms with van der Waals surface area (Å²) in [7, 11) is 0. The van der Waals surface area contributed by atoms with Gasteiger partial charge in [-0.25, -0.2) is 5.10 Å². The summed E-state index contributed by atoms with van der Waals surface area (Å²) in [6.45, 7) is 1.92. The number of rotatable bonds is 3. The first-order chi connectivity index (χ1) is 10.1. The van der Waals surface area contributed by atoms with Crippen molar-refractivity contribution in [2.45, 2.75) is 6.92 Å². The van der Waals surface area contributed by atoms with Crippen LogP contribution in [0.4, 0.5) is 0 Å². The van der Waals surface area contributed by atoms with Gasteiger partial charge >= 0.3 is 0 Å². The largest absolute Gasteiger partial charge is 0.282 e. The molecule has 6 nitrogen and oxygen atoms in total. The summed E-state index contributed by atoms with van der Waals surface area (Å²) in [5, 5.41) is 18.3. The molecule has 0 saturated carbocycles. The maximum absolute atomic E-state index is 5.21. The van der Waals surface area contributed by atoms with Crippen LogP contribution in [0.5, 0.6) is 0 Å². The van der Waals surface area contributed by atoms with E-state index in [0.717, 1.165) is 15.7 Å². The maximum atomic E-state index is 5.21. The maximum Gasteiger partial charge on any atom is 0.216 e. The minimum atomic E-state index is 0.411. The Labute approximate surface area is 134 Å². The Balaban J connectivity index is 2.02. The second-order valence-electron chi connectivity index (χ2n) is 4.37. The molecule has 0 spiro atoms. The first kappa shape index (κ1) is 13.9. The summed E-state index contributed by atoms with van der Waals surface area (Å²) in [6.07, 6.45) is 1.72. The van der Waals surface area contributed by atoms with Gasteiger partial charge in [-0.05, 0) is 31.3 Å². The SMILES string of the molecule is Cc1cc(-c2n[nH]c(=S)n2/N=C\c2ccccc2Br)n[nH]1. The first-order valence-electron chi connectivity index (χ1n) is 6.14. The fraction of sp³-hybridized carbons (Fsp3) is 0.0769. The molecule has 0 unspecified atom stereocenters. The Hall–Kier alpha value is -2.06. The molecular formula is C13H11BrN6S. The lowest BCUT2D eigenvalue weighted by Gasteiger charge is -1.98. The number of H-pyrrole nitrogens is 2. The van der Waals surface area contributed by atoms with Crippen molar-refractivity contribution in [1.82, 2.24) is 25.1 Å². The van der Waals surface area contributed by atoms with Crippen molar-refractivity contribution >= 4 is 34.4 Å². The fourth-order valence-corrected chi connectivity index (χ4v) is 2.36. The molecule has 1 aromatic carbocycles. The Morgan fingerprint density at radius 2 is 2.10 bits per heavy atom. The van der Waals surface area contributed by atoms with Crippen molar-refractivity contribution in [3.63, 3.8) is 0 Å². The third-order valence-electron chi connectivity index (χ3n) is 2.80. The van der Waals surface area contributed by atoms with E-state index >= 15 is 0 Å². The van der Waals surface area contributed by atoms with E-state index in [0.29, 0.717) is 16.3 Å². The zero-order valence-electron chi connectivity index (χ0n) is 11.0. The summed E-state index contributed by atoms with van der Waals surface area (Å²) >= 11 is 8.69. The Morgan fingerprint density at radius 1 is 1.29 bits per heavy atom. The van der Waals surface area contributed by atoms with Gasteiger partial charge in [-0.1, -0.05) is 34.1 Å². The molecule has 3 rings (SSSR count). The lowest BCUT2D eigenvalue weighted by molar-refractivity contribution is 0.865. The van der Waals surface area contributed by atoms with Gasteiger partial charge in [-0.3, -0.25) is 5.10 Å². The summed E-state index contributed by atoms with van der Waals surface area (Å²) < 4.78 is 2.92. The van der Waals surface area contributed by atoms with Crippen molar-refractivity contribution in [3.05, 3.63) is 50.8 Å². The summed E-state index contributed by atoms with van der Waals surface area (Å²) in [5.74, 6) is 0.563. The number of hydrogen-bond acceptors (Lipinski definition) is 4. The summed E-state index contributed by atoms with van der Waals surface area (Å²) in [6, 6.07) is 9.68. The summed E-state index contributed by atoms with van der Waals surface area (Å²) in [5.41, 5.74) is 2.58. The van der Waals surface area contributed by atoms with E-state index < -0.39 is 0 Å². The fourth-order valence-electron chi connectivity index (χ4n) is 1.80. The van der Waals surface area contributed by atoms with Crippen molar-refractivity contribution in [2.24, 2.45) is 5.10 Å². The van der Waals surface area contributed by atoms with Gasteiger partial charge in [0.2, 0.25) is 10.6 Å². The van der Waals surface area contributed by atoms with E-state index in [9.17, 15) is 0 Å². The number of hydrogen-bond donors (Lipinski definition) is 2. The van der Waals surface area contributed by atoms with E-state index in [-0.39, 0.29) is 0 Å². The van der Waals surface area contributed by atoms with Gasteiger partial charge in [0.1, 0.15) is 5.69 Å². The second kappa shape index (κ2) is 5.74. The molecule has 0 atom stereocenters. The quantitative estimate of drug-likeness (QED) is 0.554. The predicted octanol–water partition coefficient (Wildman–Crippen LogP) is 3.28. The predicted molar refractivity (Wildman–Crippen MR) is 86.9 cm³/mol. The molecule has 0 fully saturated rings. The highest BCUT2D eigenvalue weighted by Gasteiger charge is 2.11. The average molecular weight is 363 g/mol. The number of aromatic amines is 2. The molecule has 0 radical (unpaired) electrons. The van der Waals surface area contributed by atoms with Crippen molar-refractivity contribution in [1.29, 1.82) is 0 Å². The van der Waals surface area contributed by atoms with Crippen LogP contribution in [0.15, 0.2) is 39.9 Å². The molecule has 0 amide bonds. The molecule has 0 aliphatic rings. The number of aromatic nitrogens is 5. The number of nitrogens with one attached hydrogen (secondary N) is 2. The third-order valence-corrected chi connectivity index (χ3v) is 3.79. The van der Waals surface area contributed by atoms with Crippen LogP contribution in [-0.2, 0) is 0 Å². The first-order valence-corrected chi connectivity index (χ1v) is 7.34. The van der Waals surface area contributed by atoms with Crippen molar-refractivity contribution in [3.8, 4) is 11.5 Å². The van der Waals surface area contributed by atoms with E-state index in [2.05, 4.69) is 41.4 Å². The highest BCUT2D eigenvalue weighted by molar-refractivity contribution is 9.10. The smallest absolute Gasteiger partial charge is 0.216 e. The molecule has 0 aliphatic heterocycles. The zero-order valence-corrected chi connectivity index (χ0v) is 13.4. The number of benzene rings is 1. The number of nitrogens with zero attached hydrogens (tertiary/aromatic N) is 4. The third kappa shape index (κ3) is 2.86. The molecule has 0 aliphatic carbocycles. The standard InChI is InChI=1S/C13H11BrN6S/c1-8-6-11(17-16-8)12-18-19-13(21)20(12)15-7-9-4-2-3-5-10(9)14/h2-7H,1H3,(H,16,17)(H,19,21)/b15-7-. The van der Waals surface area contributed by atoms with Gasteiger partial charge in [0.15, 0.2) is 0 Å². The van der Waals surface area contributed by atoms with Crippen LogP contribution >= 0.6 is 28.1 Å². The number of aryl methyl sites for hydroxylation is 1. The topological polar surface area (TPSA) is 74.7 Å². The van der Waals surface area contributed by atoms with Crippen LogP contribution in [0.25, 0.3) is 11.5 Å².